The SMILES string of the molecule is CC[C@@H](C)[C@H](CN(Cc1cccc(Cl)c1Cl)C(=S)Nc1ccc(OC)cc1)NC(=O)Cc1cncn1Cc1ccc(C#N)cc1. The number of amides is 1. The van der Waals surface area contributed by atoms with E-state index in [4.69, 9.17) is 45.4 Å². The van der Waals surface area contributed by atoms with Gasteiger partial charge in [-0.3, -0.25) is 4.79 Å². The quantitative estimate of drug-likeness (QED) is 0.148. The molecule has 0 bridgehead atoms. The number of hydrogen-bond acceptors (Lipinski definition) is 5. The van der Waals surface area contributed by atoms with Gasteiger partial charge in [-0.15, -0.1) is 0 Å². The Bertz CT molecular complexity index is 1640. The zero-order valence-electron chi connectivity index (χ0n) is 25.5. The van der Waals surface area contributed by atoms with Gasteiger partial charge in [0.2, 0.25) is 5.91 Å². The van der Waals surface area contributed by atoms with Crippen molar-refractivity contribution in [2.45, 2.75) is 45.8 Å². The molecule has 1 heterocycles. The number of benzene rings is 3. The van der Waals surface area contributed by atoms with Crippen LogP contribution in [0.4, 0.5) is 5.69 Å². The molecule has 2 N–H and O–H groups in total. The smallest absolute Gasteiger partial charge is 0.226 e. The van der Waals surface area contributed by atoms with Gasteiger partial charge < -0.3 is 24.8 Å². The number of rotatable bonds is 13. The van der Waals surface area contributed by atoms with Crippen molar-refractivity contribution in [3.63, 3.8) is 0 Å². The van der Waals surface area contributed by atoms with Gasteiger partial charge in [-0.25, -0.2) is 4.98 Å². The maximum atomic E-state index is 13.5. The maximum Gasteiger partial charge on any atom is 0.226 e. The lowest BCUT2D eigenvalue weighted by atomic mass is 9.98. The van der Waals surface area contributed by atoms with E-state index in [2.05, 4.69) is 35.5 Å². The second kappa shape index (κ2) is 16.3. The fourth-order valence-corrected chi connectivity index (χ4v) is 5.44. The Hall–Kier alpha value is -4.10. The number of carbonyl (C=O) groups excluding carboxylic acids is 1. The van der Waals surface area contributed by atoms with E-state index in [-0.39, 0.29) is 24.3 Å². The topological polar surface area (TPSA) is 95.2 Å². The third-order valence-electron chi connectivity index (χ3n) is 7.69. The van der Waals surface area contributed by atoms with Gasteiger partial charge in [0.25, 0.3) is 0 Å². The summed E-state index contributed by atoms with van der Waals surface area (Å²) in [5.41, 5.74) is 4.04. The number of nitrogens with one attached hydrogen (secondary N) is 2. The van der Waals surface area contributed by atoms with Crippen molar-refractivity contribution in [2.24, 2.45) is 5.92 Å². The fourth-order valence-electron chi connectivity index (χ4n) is 4.80. The minimum Gasteiger partial charge on any atom is -0.497 e. The molecule has 3 aromatic carbocycles. The first-order chi connectivity index (χ1) is 21.7. The number of anilines is 1. The molecule has 45 heavy (non-hydrogen) atoms. The lowest BCUT2D eigenvalue weighted by Crippen LogP contribution is -2.50. The van der Waals surface area contributed by atoms with E-state index in [0.29, 0.717) is 40.4 Å². The van der Waals surface area contributed by atoms with Gasteiger partial charge in [0.15, 0.2) is 5.11 Å². The van der Waals surface area contributed by atoms with E-state index in [1.54, 1.807) is 37.8 Å². The lowest BCUT2D eigenvalue weighted by molar-refractivity contribution is -0.121. The molecule has 0 aliphatic rings. The largest absolute Gasteiger partial charge is 0.497 e. The molecule has 0 saturated carbocycles. The van der Waals surface area contributed by atoms with Gasteiger partial charge in [-0.05, 0) is 71.7 Å². The number of carbonyl (C=O) groups is 1. The molecule has 0 spiro atoms. The van der Waals surface area contributed by atoms with Crippen molar-refractivity contribution in [3.05, 3.63) is 112 Å². The van der Waals surface area contributed by atoms with Crippen molar-refractivity contribution in [2.75, 3.05) is 19.0 Å². The van der Waals surface area contributed by atoms with Crippen LogP contribution in [-0.4, -0.2) is 45.2 Å². The minimum atomic E-state index is -0.217. The normalized spacial score (nSPS) is 12.1. The second-order valence-electron chi connectivity index (χ2n) is 10.8. The predicted octanol–water partition coefficient (Wildman–Crippen LogP) is 7.09. The van der Waals surface area contributed by atoms with Crippen LogP contribution in [0.3, 0.4) is 0 Å². The molecule has 4 rings (SSSR count). The first-order valence-corrected chi connectivity index (χ1v) is 15.8. The Morgan fingerprint density at radius 3 is 2.53 bits per heavy atom. The van der Waals surface area contributed by atoms with Crippen molar-refractivity contribution in [1.29, 1.82) is 5.26 Å². The Morgan fingerprint density at radius 1 is 1.13 bits per heavy atom. The summed E-state index contributed by atoms with van der Waals surface area (Å²) in [7, 11) is 1.62. The fraction of sp³-hybridized carbons (Fsp3) is 0.294. The van der Waals surface area contributed by atoms with Crippen LogP contribution in [0.25, 0.3) is 0 Å². The molecule has 1 amide bonds. The average molecular weight is 664 g/mol. The summed E-state index contributed by atoms with van der Waals surface area (Å²) in [6.45, 7) is 5.59. The third-order valence-corrected chi connectivity index (χ3v) is 8.91. The monoisotopic (exact) mass is 662 g/mol. The Labute approximate surface area is 279 Å². The number of imidazole rings is 1. The molecule has 0 aliphatic heterocycles. The molecule has 0 unspecified atom stereocenters. The van der Waals surface area contributed by atoms with Crippen molar-refractivity contribution >= 4 is 52.1 Å². The summed E-state index contributed by atoms with van der Waals surface area (Å²) >= 11 is 18.8. The van der Waals surface area contributed by atoms with Gasteiger partial charge in [0, 0.05) is 43.3 Å². The number of ether oxygens (including phenoxy) is 1. The number of thiocarbonyl (C=S) groups is 1. The summed E-state index contributed by atoms with van der Waals surface area (Å²) in [6, 6.07) is 22.3. The number of hydrogen-bond donors (Lipinski definition) is 2. The van der Waals surface area contributed by atoms with Crippen LogP contribution in [0.5, 0.6) is 5.75 Å². The molecule has 2 atom stereocenters. The highest BCUT2D eigenvalue weighted by Crippen LogP contribution is 2.27. The highest BCUT2D eigenvalue weighted by Gasteiger charge is 2.25. The van der Waals surface area contributed by atoms with Gasteiger partial charge in [0.1, 0.15) is 5.75 Å². The minimum absolute atomic E-state index is 0.114. The van der Waals surface area contributed by atoms with Crippen LogP contribution < -0.4 is 15.4 Å². The average Bonchev–Trinajstić information content (AvgIpc) is 3.48. The summed E-state index contributed by atoms with van der Waals surface area (Å²) in [5, 5.41) is 17.1. The molecule has 0 fully saturated rings. The molecule has 0 radical (unpaired) electrons. The molecule has 11 heteroatoms. The van der Waals surface area contributed by atoms with E-state index < -0.39 is 0 Å². The standard InChI is InChI=1S/C34H36Cl2N6O2S/c1-4-23(2)31(40-32(43)16-28-18-38-22-42(28)19-25-10-8-24(17-37)9-11-25)21-41(20-26-6-5-7-30(35)33(26)36)34(45)39-27-12-14-29(44-3)15-13-27/h5-15,18,22-23,31H,4,16,19-21H2,1-3H3,(H,39,45)(H,40,43)/t23-,31+/m1/s1. The summed E-state index contributed by atoms with van der Waals surface area (Å²) < 4.78 is 7.23. The second-order valence-corrected chi connectivity index (χ2v) is 12.0. The molecule has 234 valence electrons. The molecule has 0 saturated heterocycles. The summed E-state index contributed by atoms with van der Waals surface area (Å²) in [5.74, 6) is 0.780. The van der Waals surface area contributed by atoms with Crippen molar-refractivity contribution in [3.8, 4) is 11.8 Å². The van der Waals surface area contributed by atoms with Crippen LogP contribution in [0.2, 0.25) is 10.0 Å². The van der Waals surface area contributed by atoms with Crippen LogP contribution >= 0.6 is 35.4 Å². The van der Waals surface area contributed by atoms with Gasteiger partial charge >= 0.3 is 0 Å². The Kier molecular flexibility index (Phi) is 12.2. The molecule has 0 aliphatic carbocycles. The van der Waals surface area contributed by atoms with E-state index in [1.807, 2.05) is 58.0 Å². The Morgan fingerprint density at radius 2 is 1.87 bits per heavy atom. The predicted molar refractivity (Wildman–Crippen MR) is 184 cm³/mol. The number of methoxy groups -OCH3 is 1. The lowest BCUT2D eigenvalue weighted by Gasteiger charge is -2.33. The molecular formula is C34H36Cl2N6O2S. The zero-order chi connectivity index (χ0) is 32.3. The maximum absolute atomic E-state index is 13.5. The zero-order valence-corrected chi connectivity index (χ0v) is 27.8. The van der Waals surface area contributed by atoms with Gasteiger partial charge in [-0.1, -0.05) is 67.7 Å². The van der Waals surface area contributed by atoms with Gasteiger partial charge in [0.05, 0.1) is 41.5 Å². The third kappa shape index (κ3) is 9.44. The summed E-state index contributed by atoms with van der Waals surface area (Å²) in [4.78, 5) is 19.8. The van der Waals surface area contributed by atoms with Crippen LogP contribution in [-0.2, 0) is 24.3 Å². The molecule has 4 aromatic rings. The van der Waals surface area contributed by atoms with Crippen molar-refractivity contribution < 1.29 is 9.53 Å². The number of nitriles is 1. The van der Waals surface area contributed by atoms with E-state index in [1.165, 1.54) is 0 Å². The van der Waals surface area contributed by atoms with Crippen LogP contribution in [0.1, 0.15) is 42.7 Å². The number of halogens is 2. The first-order valence-electron chi connectivity index (χ1n) is 14.6. The van der Waals surface area contributed by atoms with Gasteiger partial charge in [-0.2, -0.15) is 5.26 Å². The molecule has 8 nitrogen and oxygen atoms in total. The van der Waals surface area contributed by atoms with E-state index in [9.17, 15) is 4.79 Å². The highest BCUT2D eigenvalue weighted by atomic mass is 35.5. The first kappa shape index (κ1) is 33.8. The van der Waals surface area contributed by atoms with E-state index in [0.717, 1.165) is 34.7 Å². The van der Waals surface area contributed by atoms with Crippen molar-refractivity contribution in [1.82, 2.24) is 19.8 Å². The molecule has 1 aromatic heterocycles. The summed E-state index contributed by atoms with van der Waals surface area (Å²) in [6.07, 6.45) is 4.44. The molecular weight excluding hydrogens is 627 g/mol. The van der Waals surface area contributed by atoms with Crippen LogP contribution in [0, 0.1) is 17.2 Å². The number of nitrogens with zero attached hydrogens (tertiary/aromatic N) is 4. The number of aromatic nitrogens is 2. The van der Waals surface area contributed by atoms with Crippen LogP contribution in [0.15, 0.2) is 79.3 Å². The van der Waals surface area contributed by atoms with E-state index >= 15 is 0 Å². The highest BCUT2D eigenvalue weighted by molar-refractivity contribution is 7.80. The Balaban J connectivity index is 1.51.